The van der Waals surface area contributed by atoms with Crippen LogP contribution in [0, 0.1) is 0 Å². The van der Waals surface area contributed by atoms with Crippen molar-refractivity contribution in [2.75, 3.05) is 13.7 Å². The van der Waals surface area contributed by atoms with Crippen LogP contribution in [-0.2, 0) is 6.54 Å². The molecule has 0 unspecified atom stereocenters. The Labute approximate surface area is 119 Å². The van der Waals surface area contributed by atoms with Crippen molar-refractivity contribution in [1.82, 2.24) is 10.3 Å². The van der Waals surface area contributed by atoms with E-state index in [1.807, 2.05) is 42.5 Å². The molecule has 2 aromatic rings. The average molecular weight is 272 g/mol. The van der Waals surface area contributed by atoms with Crippen molar-refractivity contribution in [3.63, 3.8) is 0 Å². The van der Waals surface area contributed by atoms with Crippen molar-refractivity contribution in [1.29, 1.82) is 0 Å². The van der Waals surface area contributed by atoms with Crippen LogP contribution in [0.3, 0.4) is 0 Å². The fourth-order valence-electron chi connectivity index (χ4n) is 1.82. The summed E-state index contributed by atoms with van der Waals surface area (Å²) in [6.07, 6.45) is 1.11. The maximum Gasteiger partial charge on any atom is 0.219 e. The second kappa shape index (κ2) is 7.50. The van der Waals surface area contributed by atoms with E-state index in [0.29, 0.717) is 17.4 Å². The Kier molecular flexibility index (Phi) is 5.38. The zero-order valence-corrected chi connectivity index (χ0v) is 11.9. The predicted octanol–water partition coefficient (Wildman–Crippen LogP) is 3.38. The maximum absolute atomic E-state index is 5.78. The SMILES string of the molecule is CCCNCc1cccc(Oc2ccccc2OC)n1. The Morgan fingerprint density at radius 3 is 2.60 bits per heavy atom. The van der Waals surface area contributed by atoms with Crippen LogP contribution in [0.25, 0.3) is 0 Å². The maximum atomic E-state index is 5.78. The minimum Gasteiger partial charge on any atom is -0.493 e. The standard InChI is InChI=1S/C16H20N2O2/c1-3-11-17-12-13-7-6-10-16(18-13)20-15-9-5-4-8-14(15)19-2/h4-10,17H,3,11-12H2,1-2H3. The molecule has 0 bridgehead atoms. The molecule has 0 aliphatic carbocycles. The normalized spacial score (nSPS) is 10.3. The van der Waals surface area contributed by atoms with Gasteiger partial charge in [0.15, 0.2) is 11.5 Å². The van der Waals surface area contributed by atoms with Gasteiger partial charge in [-0.05, 0) is 31.2 Å². The van der Waals surface area contributed by atoms with Crippen LogP contribution in [-0.4, -0.2) is 18.6 Å². The lowest BCUT2D eigenvalue weighted by molar-refractivity contribution is 0.373. The summed E-state index contributed by atoms with van der Waals surface area (Å²) >= 11 is 0. The summed E-state index contributed by atoms with van der Waals surface area (Å²) < 4.78 is 11.0. The quantitative estimate of drug-likeness (QED) is 0.785. The number of para-hydroxylation sites is 2. The monoisotopic (exact) mass is 272 g/mol. The van der Waals surface area contributed by atoms with E-state index in [9.17, 15) is 0 Å². The lowest BCUT2D eigenvalue weighted by Crippen LogP contribution is -2.14. The number of aromatic nitrogens is 1. The molecule has 1 aromatic carbocycles. The molecule has 106 valence electrons. The second-order valence-corrected chi connectivity index (χ2v) is 4.40. The molecule has 0 saturated carbocycles. The molecule has 1 aromatic heterocycles. The van der Waals surface area contributed by atoms with Crippen molar-refractivity contribution >= 4 is 0 Å². The molecule has 0 aliphatic rings. The molecule has 20 heavy (non-hydrogen) atoms. The van der Waals surface area contributed by atoms with Crippen LogP contribution in [0.15, 0.2) is 42.5 Å². The van der Waals surface area contributed by atoms with Crippen molar-refractivity contribution in [3.05, 3.63) is 48.2 Å². The third-order valence-electron chi connectivity index (χ3n) is 2.80. The Morgan fingerprint density at radius 2 is 1.85 bits per heavy atom. The van der Waals surface area contributed by atoms with Gasteiger partial charge in [0.1, 0.15) is 0 Å². The number of ether oxygens (including phenoxy) is 2. The van der Waals surface area contributed by atoms with Gasteiger partial charge in [-0.2, -0.15) is 0 Å². The van der Waals surface area contributed by atoms with Crippen molar-refractivity contribution in [3.8, 4) is 17.4 Å². The van der Waals surface area contributed by atoms with Gasteiger partial charge in [-0.25, -0.2) is 4.98 Å². The fraction of sp³-hybridized carbons (Fsp3) is 0.312. The molecule has 1 N–H and O–H groups in total. The molecule has 0 saturated heterocycles. The summed E-state index contributed by atoms with van der Waals surface area (Å²) in [6, 6.07) is 13.3. The number of methoxy groups -OCH3 is 1. The highest BCUT2D eigenvalue weighted by Gasteiger charge is 2.05. The van der Waals surface area contributed by atoms with Gasteiger partial charge < -0.3 is 14.8 Å². The van der Waals surface area contributed by atoms with E-state index in [0.717, 1.165) is 25.2 Å². The van der Waals surface area contributed by atoms with E-state index in [-0.39, 0.29) is 0 Å². The van der Waals surface area contributed by atoms with Crippen molar-refractivity contribution in [2.24, 2.45) is 0 Å². The first-order chi connectivity index (χ1) is 9.83. The molecule has 2 rings (SSSR count). The summed E-state index contributed by atoms with van der Waals surface area (Å²) in [6.45, 7) is 3.87. The Hall–Kier alpha value is -2.07. The number of pyridine rings is 1. The van der Waals surface area contributed by atoms with Gasteiger partial charge in [-0.3, -0.25) is 0 Å². The molecule has 1 heterocycles. The van der Waals surface area contributed by atoms with E-state index >= 15 is 0 Å². The second-order valence-electron chi connectivity index (χ2n) is 4.40. The smallest absolute Gasteiger partial charge is 0.219 e. The van der Waals surface area contributed by atoms with E-state index < -0.39 is 0 Å². The zero-order valence-electron chi connectivity index (χ0n) is 11.9. The molecule has 4 nitrogen and oxygen atoms in total. The van der Waals surface area contributed by atoms with Crippen LogP contribution in [0.5, 0.6) is 17.4 Å². The minimum atomic E-state index is 0.574. The molecule has 0 fully saturated rings. The first-order valence-electron chi connectivity index (χ1n) is 6.81. The highest BCUT2D eigenvalue weighted by Crippen LogP contribution is 2.29. The number of nitrogens with zero attached hydrogens (tertiary/aromatic N) is 1. The summed E-state index contributed by atoms with van der Waals surface area (Å²) in [5.41, 5.74) is 0.964. The van der Waals surface area contributed by atoms with Crippen LogP contribution < -0.4 is 14.8 Å². The molecule has 0 atom stereocenters. The molecule has 4 heteroatoms. The van der Waals surface area contributed by atoms with Crippen LogP contribution in [0.1, 0.15) is 19.0 Å². The van der Waals surface area contributed by atoms with Crippen LogP contribution in [0.4, 0.5) is 0 Å². The third-order valence-corrected chi connectivity index (χ3v) is 2.80. The number of nitrogens with one attached hydrogen (secondary N) is 1. The molecule has 0 spiro atoms. The van der Waals surface area contributed by atoms with Gasteiger partial charge in [-0.1, -0.05) is 25.1 Å². The van der Waals surface area contributed by atoms with Gasteiger partial charge in [0, 0.05) is 12.6 Å². The molecule has 0 amide bonds. The Morgan fingerprint density at radius 1 is 1.05 bits per heavy atom. The first-order valence-corrected chi connectivity index (χ1v) is 6.81. The van der Waals surface area contributed by atoms with Gasteiger partial charge in [0.25, 0.3) is 0 Å². The van der Waals surface area contributed by atoms with Gasteiger partial charge >= 0.3 is 0 Å². The summed E-state index contributed by atoms with van der Waals surface area (Å²) in [5, 5.41) is 3.32. The van der Waals surface area contributed by atoms with E-state index in [4.69, 9.17) is 9.47 Å². The largest absolute Gasteiger partial charge is 0.493 e. The lowest BCUT2D eigenvalue weighted by atomic mass is 10.3. The minimum absolute atomic E-state index is 0.574. The number of benzene rings is 1. The summed E-state index contributed by atoms with van der Waals surface area (Å²) in [5.74, 6) is 1.94. The molecular weight excluding hydrogens is 252 g/mol. The van der Waals surface area contributed by atoms with Crippen molar-refractivity contribution < 1.29 is 9.47 Å². The third kappa shape index (κ3) is 3.96. The first kappa shape index (κ1) is 14.3. The van der Waals surface area contributed by atoms with Gasteiger partial charge in [0.05, 0.1) is 12.8 Å². The number of hydrogen-bond acceptors (Lipinski definition) is 4. The lowest BCUT2D eigenvalue weighted by Gasteiger charge is -2.10. The van der Waals surface area contributed by atoms with Gasteiger partial charge in [-0.15, -0.1) is 0 Å². The van der Waals surface area contributed by atoms with Gasteiger partial charge in [0.2, 0.25) is 5.88 Å². The predicted molar refractivity (Wildman–Crippen MR) is 79.3 cm³/mol. The average Bonchev–Trinajstić information content (AvgIpc) is 2.48. The van der Waals surface area contributed by atoms with E-state index in [2.05, 4.69) is 17.2 Å². The van der Waals surface area contributed by atoms with E-state index in [1.54, 1.807) is 7.11 Å². The summed E-state index contributed by atoms with van der Waals surface area (Å²) in [7, 11) is 1.63. The van der Waals surface area contributed by atoms with E-state index in [1.165, 1.54) is 0 Å². The molecule has 0 aliphatic heterocycles. The highest BCUT2D eigenvalue weighted by atomic mass is 16.5. The Balaban J connectivity index is 2.07. The Bertz CT molecular complexity index is 544. The topological polar surface area (TPSA) is 43.4 Å². The van der Waals surface area contributed by atoms with Crippen LogP contribution in [0.2, 0.25) is 0 Å². The van der Waals surface area contributed by atoms with Crippen molar-refractivity contribution in [2.45, 2.75) is 19.9 Å². The molecular formula is C16H20N2O2. The van der Waals surface area contributed by atoms with Crippen LogP contribution >= 0.6 is 0 Å². The fourth-order valence-corrected chi connectivity index (χ4v) is 1.82. The summed E-state index contributed by atoms with van der Waals surface area (Å²) in [4.78, 5) is 4.47. The zero-order chi connectivity index (χ0) is 14.2. The highest BCUT2D eigenvalue weighted by molar-refractivity contribution is 5.41. The molecule has 0 radical (unpaired) electrons. The number of hydrogen-bond donors (Lipinski definition) is 1. The number of rotatable bonds is 7.